The topological polar surface area (TPSA) is 36.3 Å². The third-order valence-electron chi connectivity index (χ3n) is 2.48. The van der Waals surface area contributed by atoms with Crippen LogP contribution in [0.4, 0.5) is 8.78 Å². The van der Waals surface area contributed by atoms with Gasteiger partial charge in [-0.15, -0.1) is 0 Å². The van der Waals surface area contributed by atoms with Crippen molar-refractivity contribution in [2.75, 3.05) is 26.8 Å². The van der Waals surface area contributed by atoms with Gasteiger partial charge in [0.25, 0.3) is 0 Å². The average Bonchev–Trinajstić information content (AvgIpc) is 2.31. The van der Waals surface area contributed by atoms with Crippen LogP contribution in [0.2, 0.25) is 0 Å². The normalized spacial score (nSPS) is 10.6. The Labute approximate surface area is 106 Å². The standard InChI is InChI=1S/C13H16F2N2O/c1-18-6-5-17(4-2-3-16)10-11-7-12(14)9-13(15)8-11/h7-9H,2,4-6,10H2,1H3. The molecule has 98 valence electrons. The third kappa shape index (κ3) is 5.21. The van der Waals surface area contributed by atoms with Crippen LogP contribution < -0.4 is 0 Å². The lowest BCUT2D eigenvalue weighted by Gasteiger charge is -2.20. The maximum absolute atomic E-state index is 13.0. The zero-order chi connectivity index (χ0) is 13.4. The van der Waals surface area contributed by atoms with Crippen LogP contribution in [0.5, 0.6) is 0 Å². The van der Waals surface area contributed by atoms with Crippen molar-refractivity contribution in [3.05, 3.63) is 35.4 Å². The van der Waals surface area contributed by atoms with Gasteiger partial charge in [-0.25, -0.2) is 8.78 Å². The smallest absolute Gasteiger partial charge is 0.126 e. The lowest BCUT2D eigenvalue weighted by Crippen LogP contribution is -2.28. The maximum atomic E-state index is 13.0. The summed E-state index contributed by atoms with van der Waals surface area (Å²) in [5, 5.41) is 8.57. The molecule has 0 N–H and O–H groups in total. The molecule has 0 amide bonds. The molecule has 0 fully saturated rings. The highest BCUT2D eigenvalue weighted by Gasteiger charge is 2.08. The van der Waals surface area contributed by atoms with E-state index in [9.17, 15) is 8.78 Å². The highest BCUT2D eigenvalue weighted by molar-refractivity contribution is 5.17. The van der Waals surface area contributed by atoms with Gasteiger partial charge in [0.15, 0.2) is 0 Å². The minimum atomic E-state index is -0.586. The number of nitrogens with zero attached hydrogens (tertiary/aromatic N) is 2. The first kappa shape index (κ1) is 14.6. The Kier molecular flexibility index (Phi) is 6.26. The molecule has 0 radical (unpaired) electrons. The zero-order valence-electron chi connectivity index (χ0n) is 10.3. The number of hydrogen-bond donors (Lipinski definition) is 0. The molecule has 0 bridgehead atoms. The van der Waals surface area contributed by atoms with Crippen molar-refractivity contribution in [3.63, 3.8) is 0 Å². The number of hydrogen-bond acceptors (Lipinski definition) is 3. The number of rotatable bonds is 7. The monoisotopic (exact) mass is 254 g/mol. The minimum Gasteiger partial charge on any atom is -0.383 e. The van der Waals surface area contributed by atoms with E-state index in [0.717, 1.165) is 6.07 Å². The Balaban J connectivity index is 2.65. The van der Waals surface area contributed by atoms with Crippen molar-refractivity contribution >= 4 is 0 Å². The Bertz CT molecular complexity index is 398. The van der Waals surface area contributed by atoms with E-state index in [2.05, 4.69) is 6.07 Å². The number of benzene rings is 1. The molecule has 0 aliphatic rings. The summed E-state index contributed by atoms with van der Waals surface area (Å²) in [5.74, 6) is -1.17. The van der Waals surface area contributed by atoms with E-state index in [1.807, 2.05) is 4.90 Å². The van der Waals surface area contributed by atoms with Crippen molar-refractivity contribution in [1.29, 1.82) is 5.26 Å². The molecule has 18 heavy (non-hydrogen) atoms. The molecule has 0 spiro atoms. The first-order valence-electron chi connectivity index (χ1n) is 5.69. The zero-order valence-corrected chi connectivity index (χ0v) is 10.3. The molecule has 1 aromatic rings. The van der Waals surface area contributed by atoms with Crippen LogP contribution in [0.25, 0.3) is 0 Å². The summed E-state index contributed by atoms with van der Waals surface area (Å²) in [4.78, 5) is 1.93. The second-order valence-corrected chi connectivity index (χ2v) is 3.95. The van der Waals surface area contributed by atoms with E-state index in [1.54, 1.807) is 7.11 Å². The van der Waals surface area contributed by atoms with E-state index < -0.39 is 11.6 Å². The summed E-state index contributed by atoms with van der Waals surface area (Å²) in [6.07, 6.45) is 0.377. The van der Waals surface area contributed by atoms with Crippen LogP contribution in [-0.4, -0.2) is 31.7 Å². The first-order chi connectivity index (χ1) is 8.65. The fourth-order valence-corrected chi connectivity index (χ4v) is 1.66. The summed E-state index contributed by atoms with van der Waals surface area (Å²) in [6, 6.07) is 5.50. The Morgan fingerprint density at radius 3 is 2.44 bits per heavy atom. The molecule has 0 unspecified atom stereocenters. The van der Waals surface area contributed by atoms with Gasteiger partial charge in [0.2, 0.25) is 0 Å². The van der Waals surface area contributed by atoms with Gasteiger partial charge in [0, 0.05) is 39.2 Å². The average molecular weight is 254 g/mol. The molecule has 0 aliphatic heterocycles. The lowest BCUT2D eigenvalue weighted by atomic mass is 10.2. The van der Waals surface area contributed by atoms with Gasteiger partial charge in [-0.1, -0.05) is 0 Å². The Hall–Kier alpha value is -1.51. The third-order valence-corrected chi connectivity index (χ3v) is 2.48. The number of nitriles is 1. The molecular formula is C13H16F2N2O. The predicted octanol–water partition coefficient (Wildman–Crippen LogP) is 2.33. The van der Waals surface area contributed by atoms with Crippen LogP contribution >= 0.6 is 0 Å². The van der Waals surface area contributed by atoms with Gasteiger partial charge in [0.1, 0.15) is 11.6 Å². The molecule has 0 aromatic heterocycles. The van der Waals surface area contributed by atoms with E-state index >= 15 is 0 Å². The van der Waals surface area contributed by atoms with Crippen molar-refractivity contribution in [2.24, 2.45) is 0 Å². The molecule has 0 heterocycles. The quantitative estimate of drug-likeness (QED) is 0.749. The van der Waals surface area contributed by atoms with E-state index in [0.29, 0.717) is 38.2 Å². The summed E-state index contributed by atoms with van der Waals surface area (Å²) in [6.45, 7) is 2.09. The van der Waals surface area contributed by atoms with Crippen LogP contribution in [0.1, 0.15) is 12.0 Å². The van der Waals surface area contributed by atoms with Gasteiger partial charge in [-0.3, -0.25) is 4.90 Å². The van der Waals surface area contributed by atoms with Crippen LogP contribution in [-0.2, 0) is 11.3 Å². The molecule has 1 aromatic carbocycles. The largest absolute Gasteiger partial charge is 0.383 e. The molecule has 0 aliphatic carbocycles. The van der Waals surface area contributed by atoms with E-state index in [1.165, 1.54) is 12.1 Å². The van der Waals surface area contributed by atoms with Crippen LogP contribution in [0, 0.1) is 23.0 Å². The number of halogens is 2. The number of methoxy groups -OCH3 is 1. The SMILES string of the molecule is COCCN(CCC#N)Cc1cc(F)cc(F)c1. The van der Waals surface area contributed by atoms with Crippen LogP contribution in [0.3, 0.4) is 0 Å². The molecule has 0 atom stereocenters. The van der Waals surface area contributed by atoms with E-state index in [4.69, 9.17) is 10.00 Å². The fraction of sp³-hybridized carbons (Fsp3) is 0.462. The van der Waals surface area contributed by atoms with Crippen molar-refractivity contribution < 1.29 is 13.5 Å². The second kappa shape index (κ2) is 7.75. The molecule has 1 rings (SSSR count). The van der Waals surface area contributed by atoms with Crippen molar-refractivity contribution in [1.82, 2.24) is 4.90 Å². The van der Waals surface area contributed by atoms with Crippen molar-refractivity contribution in [3.8, 4) is 6.07 Å². The summed E-state index contributed by atoms with van der Waals surface area (Å²) in [7, 11) is 1.59. The summed E-state index contributed by atoms with van der Waals surface area (Å²) < 4.78 is 31.1. The number of ether oxygens (including phenoxy) is 1. The molecular weight excluding hydrogens is 238 g/mol. The highest BCUT2D eigenvalue weighted by Crippen LogP contribution is 2.10. The van der Waals surface area contributed by atoms with Gasteiger partial charge in [-0.2, -0.15) is 5.26 Å². The molecule has 0 saturated carbocycles. The van der Waals surface area contributed by atoms with Gasteiger partial charge < -0.3 is 4.74 Å². The van der Waals surface area contributed by atoms with Gasteiger partial charge in [0.05, 0.1) is 12.7 Å². The summed E-state index contributed by atoms with van der Waals surface area (Å²) in [5.41, 5.74) is 0.557. The van der Waals surface area contributed by atoms with Gasteiger partial charge >= 0.3 is 0 Å². The fourth-order valence-electron chi connectivity index (χ4n) is 1.66. The summed E-state index contributed by atoms with van der Waals surface area (Å²) >= 11 is 0. The molecule has 0 saturated heterocycles. The Morgan fingerprint density at radius 2 is 1.89 bits per heavy atom. The highest BCUT2D eigenvalue weighted by atomic mass is 19.1. The maximum Gasteiger partial charge on any atom is 0.126 e. The second-order valence-electron chi connectivity index (χ2n) is 3.95. The predicted molar refractivity (Wildman–Crippen MR) is 63.7 cm³/mol. The molecule has 5 heteroatoms. The van der Waals surface area contributed by atoms with E-state index in [-0.39, 0.29) is 0 Å². The van der Waals surface area contributed by atoms with Gasteiger partial charge in [-0.05, 0) is 17.7 Å². The van der Waals surface area contributed by atoms with Crippen molar-refractivity contribution in [2.45, 2.75) is 13.0 Å². The lowest BCUT2D eigenvalue weighted by molar-refractivity contribution is 0.145. The minimum absolute atomic E-state index is 0.377. The molecule has 3 nitrogen and oxygen atoms in total. The van der Waals surface area contributed by atoms with Crippen LogP contribution in [0.15, 0.2) is 18.2 Å². The Morgan fingerprint density at radius 1 is 1.22 bits per heavy atom. The first-order valence-corrected chi connectivity index (χ1v) is 5.69.